The number of nitrogens with one attached hydrogen (secondary N) is 1. The van der Waals surface area contributed by atoms with E-state index in [1.807, 2.05) is 17.9 Å². The topological polar surface area (TPSA) is 52.6 Å². The van der Waals surface area contributed by atoms with E-state index in [2.05, 4.69) is 21.2 Å². The van der Waals surface area contributed by atoms with Crippen LogP contribution in [-0.4, -0.2) is 42.2 Å². The van der Waals surface area contributed by atoms with Crippen molar-refractivity contribution in [3.63, 3.8) is 0 Å². The number of anilines is 1. The van der Waals surface area contributed by atoms with E-state index in [0.717, 1.165) is 4.47 Å². The van der Waals surface area contributed by atoms with Gasteiger partial charge in [-0.1, -0.05) is 34.5 Å². The second kappa shape index (κ2) is 7.74. The van der Waals surface area contributed by atoms with Crippen LogP contribution in [0.3, 0.4) is 0 Å². The van der Waals surface area contributed by atoms with Crippen LogP contribution < -0.4 is 5.32 Å². The minimum absolute atomic E-state index is 0.0418. The predicted molar refractivity (Wildman–Crippen MR) is 77.0 cm³/mol. The fourth-order valence-corrected chi connectivity index (χ4v) is 2.19. The van der Waals surface area contributed by atoms with Crippen LogP contribution in [0.1, 0.15) is 6.92 Å². The Morgan fingerprint density at radius 3 is 2.83 bits per heavy atom. The van der Waals surface area contributed by atoms with Crippen LogP contribution in [0.5, 0.6) is 0 Å². The normalized spacial score (nSPS) is 10.7. The number of rotatable bonds is 6. The molecule has 1 rings (SSSR count). The number of aliphatic hydroxyl groups excluding tert-OH is 1. The summed E-state index contributed by atoms with van der Waals surface area (Å²) in [7, 11) is 0. The van der Waals surface area contributed by atoms with Crippen LogP contribution in [-0.2, 0) is 4.79 Å². The number of hydrogen-bond acceptors (Lipinski definition) is 3. The Labute approximate surface area is 120 Å². The highest BCUT2D eigenvalue weighted by Gasteiger charge is 2.10. The van der Waals surface area contributed by atoms with Gasteiger partial charge in [-0.15, -0.1) is 0 Å². The molecule has 0 saturated carbocycles. The molecule has 1 amide bonds. The molecule has 1 aromatic carbocycles. The summed E-state index contributed by atoms with van der Waals surface area (Å²) in [5.41, 5.74) is 0.588. The van der Waals surface area contributed by atoms with Gasteiger partial charge in [0.25, 0.3) is 0 Å². The van der Waals surface area contributed by atoms with Gasteiger partial charge in [0.15, 0.2) is 0 Å². The predicted octanol–water partition coefficient (Wildman–Crippen LogP) is 2.36. The minimum atomic E-state index is -0.144. The zero-order chi connectivity index (χ0) is 13.5. The molecular formula is C12H16BrClN2O2. The molecule has 0 fully saturated rings. The highest BCUT2D eigenvalue weighted by atomic mass is 79.9. The van der Waals surface area contributed by atoms with Crippen molar-refractivity contribution in [2.45, 2.75) is 6.92 Å². The summed E-state index contributed by atoms with van der Waals surface area (Å²) >= 11 is 9.31. The SMILES string of the molecule is CCN(CCO)CC(=O)Nc1ccc(Br)cc1Cl. The molecule has 2 N–H and O–H groups in total. The van der Waals surface area contributed by atoms with Crippen LogP contribution in [0.2, 0.25) is 5.02 Å². The molecule has 0 aromatic heterocycles. The van der Waals surface area contributed by atoms with Gasteiger partial charge in [-0.05, 0) is 24.7 Å². The Bertz CT molecular complexity index is 415. The van der Waals surface area contributed by atoms with Crippen molar-refractivity contribution in [1.82, 2.24) is 4.90 Å². The van der Waals surface area contributed by atoms with Crippen molar-refractivity contribution in [3.8, 4) is 0 Å². The van der Waals surface area contributed by atoms with Crippen molar-refractivity contribution in [2.24, 2.45) is 0 Å². The van der Waals surface area contributed by atoms with E-state index < -0.39 is 0 Å². The fourth-order valence-electron chi connectivity index (χ4n) is 1.47. The largest absolute Gasteiger partial charge is 0.395 e. The number of carbonyl (C=O) groups is 1. The van der Waals surface area contributed by atoms with Crippen molar-refractivity contribution in [1.29, 1.82) is 0 Å². The van der Waals surface area contributed by atoms with Crippen molar-refractivity contribution in [2.75, 3.05) is 31.6 Å². The lowest BCUT2D eigenvalue weighted by atomic mass is 10.3. The van der Waals surface area contributed by atoms with Gasteiger partial charge in [-0.3, -0.25) is 9.69 Å². The molecule has 4 nitrogen and oxygen atoms in total. The maximum Gasteiger partial charge on any atom is 0.238 e. The number of likely N-dealkylation sites (N-methyl/N-ethyl adjacent to an activating group) is 1. The third-order valence-electron chi connectivity index (χ3n) is 2.44. The first-order chi connectivity index (χ1) is 8.56. The van der Waals surface area contributed by atoms with Crippen LogP contribution in [0.15, 0.2) is 22.7 Å². The first kappa shape index (κ1) is 15.4. The summed E-state index contributed by atoms with van der Waals surface area (Å²) in [6, 6.07) is 5.28. The summed E-state index contributed by atoms with van der Waals surface area (Å²) in [6.07, 6.45) is 0. The fraction of sp³-hybridized carbons (Fsp3) is 0.417. The molecule has 0 radical (unpaired) electrons. The van der Waals surface area contributed by atoms with Crippen LogP contribution >= 0.6 is 27.5 Å². The molecule has 0 heterocycles. The molecule has 0 aliphatic heterocycles. The molecule has 0 bridgehead atoms. The highest BCUT2D eigenvalue weighted by molar-refractivity contribution is 9.10. The van der Waals surface area contributed by atoms with E-state index >= 15 is 0 Å². The second-order valence-corrected chi connectivity index (χ2v) is 5.09. The third-order valence-corrected chi connectivity index (χ3v) is 3.24. The van der Waals surface area contributed by atoms with Gasteiger partial charge in [-0.2, -0.15) is 0 Å². The Morgan fingerprint density at radius 2 is 2.28 bits per heavy atom. The van der Waals surface area contributed by atoms with Gasteiger partial charge in [0.2, 0.25) is 5.91 Å². The van der Waals surface area contributed by atoms with E-state index in [-0.39, 0.29) is 19.1 Å². The lowest BCUT2D eigenvalue weighted by Crippen LogP contribution is -2.35. The number of hydrogen-bond donors (Lipinski definition) is 2. The molecule has 0 atom stereocenters. The number of halogens is 2. The maximum absolute atomic E-state index is 11.8. The smallest absolute Gasteiger partial charge is 0.238 e. The van der Waals surface area contributed by atoms with Crippen LogP contribution in [0.4, 0.5) is 5.69 Å². The monoisotopic (exact) mass is 334 g/mol. The number of amides is 1. The molecule has 0 saturated heterocycles. The molecular weight excluding hydrogens is 320 g/mol. The van der Waals surface area contributed by atoms with E-state index in [1.54, 1.807) is 12.1 Å². The first-order valence-corrected chi connectivity index (χ1v) is 6.82. The molecule has 0 aliphatic carbocycles. The molecule has 6 heteroatoms. The van der Waals surface area contributed by atoms with Crippen molar-refractivity contribution >= 4 is 39.1 Å². The summed E-state index contributed by atoms with van der Waals surface area (Å²) in [6.45, 7) is 3.42. The van der Waals surface area contributed by atoms with Gasteiger partial charge >= 0.3 is 0 Å². The van der Waals surface area contributed by atoms with Gasteiger partial charge in [0.1, 0.15) is 0 Å². The van der Waals surface area contributed by atoms with Crippen LogP contribution in [0, 0.1) is 0 Å². The van der Waals surface area contributed by atoms with Crippen molar-refractivity contribution < 1.29 is 9.90 Å². The number of benzene rings is 1. The number of carbonyl (C=O) groups excluding carboxylic acids is 1. The molecule has 0 aliphatic rings. The summed E-state index contributed by atoms with van der Waals surface area (Å²) in [4.78, 5) is 13.6. The Balaban J connectivity index is 2.58. The van der Waals surface area contributed by atoms with Gasteiger partial charge < -0.3 is 10.4 Å². The average Bonchev–Trinajstić information content (AvgIpc) is 2.32. The first-order valence-electron chi connectivity index (χ1n) is 5.65. The Kier molecular flexibility index (Phi) is 6.63. The minimum Gasteiger partial charge on any atom is -0.395 e. The molecule has 18 heavy (non-hydrogen) atoms. The summed E-state index contributed by atoms with van der Waals surface area (Å²) in [5, 5.41) is 12.1. The van der Waals surface area contributed by atoms with Gasteiger partial charge in [0.05, 0.1) is 23.9 Å². The zero-order valence-corrected chi connectivity index (χ0v) is 12.5. The molecule has 0 spiro atoms. The van der Waals surface area contributed by atoms with Gasteiger partial charge in [-0.25, -0.2) is 0 Å². The van der Waals surface area contributed by atoms with E-state index in [4.69, 9.17) is 16.7 Å². The van der Waals surface area contributed by atoms with Crippen LogP contribution in [0.25, 0.3) is 0 Å². The second-order valence-electron chi connectivity index (χ2n) is 3.76. The lowest BCUT2D eigenvalue weighted by Gasteiger charge is -2.18. The molecule has 0 unspecified atom stereocenters. The highest BCUT2D eigenvalue weighted by Crippen LogP contribution is 2.25. The number of aliphatic hydroxyl groups is 1. The standard InChI is InChI=1S/C12H16BrClN2O2/c1-2-16(5-6-17)8-12(18)15-11-4-3-9(13)7-10(11)14/h3-4,7,17H,2,5-6,8H2,1H3,(H,15,18). The van der Waals surface area contributed by atoms with Crippen molar-refractivity contribution in [3.05, 3.63) is 27.7 Å². The van der Waals surface area contributed by atoms with E-state index in [0.29, 0.717) is 23.8 Å². The quantitative estimate of drug-likeness (QED) is 0.839. The Hall–Kier alpha value is -0.620. The number of nitrogens with zero attached hydrogens (tertiary/aromatic N) is 1. The maximum atomic E-state index is 11.8. The zero-order valence-electron chi connectivity index (χ0n) is 10.1. The Morgan fingerprint density at radius 1 is 1.56 bits per heavy atom. The van der Waals surface area contributed by atoms with Gasteiger partial charge in [0, 0.05) is 11.0 Å². The molecule has 1 aromatic rings. The summed E-state index contributed by atoms with van der Waals surface area (Å²) < 4.78 is 0.862. The average molecular weight is 336 g/mol. The van der Waals surface area contributed by atoms with E-state index in [9.17, 15) is 4.79 Å². The molecule has 100 valence electrons. The summed E-state index contributed by atoms with van der Waals surface area (Å²) in [5.74, 6) is -0.144. The third kappa shape index (κ3) is 4.94. The van der Waals surface area contributed by atoms with E-state index in [1.165, 1.54) is 0 Å². The lowest BCUT2D eigenvalue weighted by molar-refractivity contribution is -0.117.